The minimum atomic E-state index is -0.879. The number of hydrogen-bond donors (Lipinski definition) is 2. The van der Waals surface area contributed by atoms with Crippen LogP contribution in [0.15, 0.2) is 22.7 Å². The Labute approximate surface area is 108 Å². The topological polar surface area (TPSA) is 66.4 Å². The van der Waals surface area contributed by atoms with Crippen LogP contribution in [0, 0.1) is 6.92 Å². The molecule has 0 aromatic heterocycles. The van der Waals surface area contributed by atoms with Crippen molar-refractivity contribution >= 4 is 33.5 Å². The molecule has 0 saturated heterocycles. The second kappa shape index (κ2) is 6.39. The Hall–Kier alpha value is -1.36. The fraction of sp³-hybridized carbons (Fsp3) is 0.333. The number of hydrogen-bond acceptors (Lipinski definition) is 2. The second-order valence-electron chi connectivity index (χ2n) is 3.76. The van der Waals surface area contributed by atoms with Gasteiger partial charge in [0.15, 0.2) is 0 Å². The number of nitrogens with one attached hydrogen (secondary N) is 1. The van der Waals surface area contributed by atoms with Crippen molar-refractivity contribution in [3.05, 3.63) is 28.2 Å². The fourth-order valence-electron chi connectivity index (χ4n) is 1.29. The van der Waals surface area contributed by atoms with Gasteiger partial charge in [0.05, 0.1) is 0 Å². The fourth-order valence-corrected chi connectivity index (χ4v) is 1.67. The minimum Gasteiger partial charge on any atom is -0.481 e. The van der Waals surface area contributed by atoms with E-state index in [-0.39, 0.29) is 18.7 Å². The molecule has 1 aromatic carbocycles. The quantitative estimate of drug-likeness (QED) is 0.878. The largest absolute Gasteiger partial charge is 0.481 e. The van der Waals surface area contributed by atoms with Crippen molar-refractivity contribution in [1.82, 2.24) is 0 Å². The molecule has 4 nitrogen and oxygen atoms in total. The molecule has 0 radical (unpaired) electrons. The molecule has 92 valence electrons. The number of carbonyl (C=O) groups is 2. The minimum absolute atomic E-state index is 0.0189. The summed E-state index contributed by atoms with van der Waals surface area (Å²) in [5, 5.41) is 11.2. The number of benzene rings is 1. The number of carboxylic acids is 1. The van der Waals surface area contributed by atoms with Crippen molar-refractivity contribution in [1.29, 1.82) is 0 Å². The van der Waals surface area contributed by atoms with Gasteiger partial charge in [-0.15, -0.1) is 0 Å². The smallest absolute Gasteiger partial charge is 0.303 e. The van der Waals surface area contributed by atoms with Crippen LogP contribution < -0.4 is 5.32 Å². The third kappa shape index (κ3) is 4.99. The molecule has 0 bridgehead atoms. The highest BCUT2D eigenvalue weighted by Crippen LogP contribution is 2.20. The van der Waals surface area contributed by atoms with E-state index in [4.69, 9.17) is 5.11 Å². The molecule has 0 unspecified atom stereocenters. The SMILES string of the molecule is Cc1ccc(NC(=O)CCCC(=O)O)cc1Br. The molecule has 17 heavy (non-hydrogen) atoms. The molecule has 1 amide bonds. The van der Waals surface area contributed by atoms with Gasteiger partial charge in [-0.05, 0) is 31.0 Å². The maximum absolute atomic E-state index is 11.5. The molecule has 0 aliphatic heterocycles. The van der Waals surface area contributed by atoms with Crippen LogP contribution in [0.2, 0.25) is 0 Å². The first-order valence-corrected chi connectivity index (χ1v) is 6.06. The molecule has 0 atom stereocenters. The molecule has 5 heteroatoms. The van der Waals surface area contributed by atoms with Crippen molar-refractivity contribution in [2.24, 2.45) is 0 Å². The summed E-state index contributed by atoms with van der Waals surface area (Å²) < 4.78 is 0.931. The van der Waals surface area contributed by atoms with E-state index in [1.807, 2.05) is 25.1 Å². The highest BCUT2D eigenvalue weighted by atomic mass is 79.9. The second-order valence-corrected chi connectivity index (χ2v) is 4.61. The summed E-state index contributed by atoms with van der Waals surface area (Å²) in [6.45, 7) is 1.96. The molecule has 0 aliphatic rings. The van der Waals surface area contributed by atoms with Crippen molar-refractivity contribution in [2.45, 2.75) is 26.2 Å². The number of rotatable bonds is 5. The van der Waals surface area contributed by atoms with Crippen molar-refractivity contribution in [3.63, 3.8) is 0 Å². The highest BCUT2D eigenvalue weighted by Gasteiger charge is 2.05. The first kappa shape index (κ1) is 13.7. The van der Waals surface area contributed by atoms with Crippen molar-refractivity contribution in [3.8, 4) is 0 Å². The zero-order valence-electron chi connectivity index (χ0n) is 9.50. The number of carbonyl (C=O) groups excluding carboxylic acids is 1. The number of halogens is 1. The molecule has 0 saturated carbocycles. The summed E-state index contributed by atoms with van der Waals surface area (Å²) in [4.78, 5) is 21.8. The van der Waals surface area contributed by atoms with Gasteiger partial charge in [-0.25, -0.2) is 0 Å². The van der Waals surface area contributed by atoms with Gasteiger partial charge in [0.1, 0.15) is 0 Å². The first-order chi connectivity index (χ1) is 7.99. The molecule has 0 spiro atoms. The van der Waals surface area contributed by atoms with E-state index >= 15 is 0 Å². The monoisotopic (exact) mass is 299 g/mol. The van der Waals surface area contributed by atoms with Gasteiger partial charge in [-0.3, -0.25) is 9.59 Å². The average molecular weight is 300 g/mol. The standard InChI is InChI=1S/C12H14BrNO3/c1-8-5-6-9(7-10(8)13)14-11(15)3-2-4-12(16)17/h5-7H,2-4H2,1H3,(H,14,15)(H,16,17). The Bertz CT molecular complexity index is 432. The highest BCUT2D eigenvalue weighted by molar-refractivity contribution is 9.10. The summed E-state index contributed by atoms with van der Waals surface area (Å²) in [5.41, 5.74) is 1.80. The van der Waals surface area contributed by atoms with Gasteiger partial charge in [0.25, 0.3) is 0 Å². The van der Waals surface area contributed by atoms with Crippen LogP contribution in [0.5, 0.6) is 0 Å². The normalized spacial score (nSPS) is 10.0. The third-order valence-corrected chi connectivity index (χ3v) is 3.10. The van der Waals surface area contributed by atoms with E-state index in [2.05, 4.69) is 21.2 Å². The third-order valence-electron chi connectivity index (χ3n) is 2.25. The number of aliphatic carboxylic acids is 1. The molecule has 0 fully saturated rings. The molecular weight excluding hydrogens is 286 g/mol. The van der Waals surface area contributed by atoms with E-state index in [0.29, 0.717) is 12.1 Å². The van der Waals surface area contributed by atoms with Crippen LogP contribution in [-0.4, -0.2) is 17.0 Å². The molecule has 1 rings (SSSR count). The van der Waals surface area contributed by atoms with E-state index in [1.165, 1.54) is 0 Å². The van der Waals surface area contributed by atoms with Crippen molar-refractivity contribution < 1.29 is 14.7 Å². The summed E-state index contributed by atoms with van der Waals surface area (Å²) in [6.07, 6.45) is 0.594. The zero-order chi connectivity index (χ0) is 12.8. The first-order valence-electron chi connectivity index (χ1n) is 5.27. The molecule has 1 aromatic rings. The lowest BCUT2D eigenvalue weighted by Crippen LogP contribution is -2.11. The Morgan fingerprint density at radius 3 is 2.65 bits per heavy atom. The summed E-state index contributed by atoms with van der Waals surface area (Å²) in [6, 6.07) is 5.54. The maximum Gasteiger partial charge on any atom is 0.303 e. The summed E-state index contributed by atoms with van der Waals surface area (Å²) in [5.74, 6) is -1.04. The zero-order valence-corrected chi connectivity index (χ0v) is 11.1. The van der Waals surface area contributed by atoms with Crippen molar-refractivity contribution in [2.75, 3.05) is 5.32 Å². The Morgan fingerprint density at radius 2 is 2.06 bits per heavy atom. The summed E-state index contributed by atoms with van der Waals surface area (Å²) in [7, 11) is 0. The van der Waals surface area contributed by atoms with Gasteiger partial charge in [-0.1, -0.05) is 22.0 Å². The lowest BCUT2D eigenvalue weighted by atomic mass is 10.2. The van der Waals surface area contributed by atoms with E-state index in [9.17, 15) is 9.59 Å². The van der Waals surface area contributed by atoms with Crippen LogP contribution in [0.1, 0.15) is 24.8 Å². The van der Waals surface area contributed by atoms with Gasteiger partial charge in [0, 0.05) is 23.0 Å². The molecular formula is C12H14BrNO3. The average Bonchev–Trinajstić information content (AvgIpc) is 2.23. The van der Waals surface area contributed by atoms with Crippen LogP contribution in [0.3, 0.4) is 0 Å². The van der Waals surface area contributed by atoms with Crippen LogP contribution in [0.4, 0.5) is 5.69 Å². The lowest BCUT2D eigenvalue weighted by molar-refractivity contribution is -0.137. The Balaban J connectivity index is 2.45. The number of anilines is 1. The van der Waals surface area contributed by atoms with Crippen LogP contribution >= 0.6 is 15.9 Å². The molecule has 0 aliphatic carbocycles. The maximum atomic E-state index is 11.5. The van der Waals surface area contributed by atoms with Gasteiger partial charge < -0.3 is 10.4 Å². The van der Waals surface area contributed by atoms with E-state index < -0.39 is 5.97 Å². The Morgan fingerprint density at radius 1 is 1.35 bits per heavy atom. The number of amides is 1. The van der Waals surface area contributed by atoms with E-state index in [1.54, 1.807) is 0 Å². The van der Waals surface area contributed by atoms with Gasteiger partial charge in [-0.2, -0.15) is 0 Å². The number of aryl methyl sites for hydroxylation is 1. The predicted molar refractivity (Wildman–Crippen MR) is 69.0 cm³/mol. The predicted octanol–water partition coefficient (Wildman–Crippen LogP) is 2.95. The Kier molecular flexibility index (Phi) is 5.15. The van der Waals surface area contributed by atoms with Crippen LogP contribution in [0.25, 0.3) is 0 Å². The van der Waals surface area contributed by atoms with E-state index in [0.717, 1.165) is 10.0 Å². The lowest BCUT2D eigenvalue weighted by Gasteiger charge is -2.06. The summed E-state index contributed by atoms with van der Waals surface area (Å²) >= 11 is 3.38. The molecule has 0 heterocycles. The van der Waals surface area contributed by atoms with Gasteiger partial charge >= 0.3 is 5.97 Å². The van der Waals surface area contributed by atoms with Gasteiger partial charge in [0.2, 0.25) is 5.91 Å². The molecule has 2 N–H and O–H groups in total. The number of carboxylic acid groups (broad SMARTS) is 1. The van der Waals surface area contributed by atoms with Crippen LogP contribution in [-0.2, 0) is 9.59 Å².